The molecule has 2 aromatic carbocycles. The molecule has 1 amide bonds. The average Bonchev–Trinajstić information content (AvgIpc) is 2.63. The second-order valence-corrected chi connectivity index (χ2v) is 6.50. The van der Waals surface area contributed by atoms with Crippen molar-refractivity contribution in [3.63, 3.8) is 0 Å². The summed E-state index contributed by atoms with van der Waals surface area (Å²) < 4.78 is 13.0. The molecule has 1 fully saturated rings. The van der Waals surface area contributed by atoms with Gasteiger partial charge in [-0.3, -0.25) is 4.79 Å². The standard InChI is InChI=1S/C20H23FN2O2/c21-17-8-6-15(7-9-17)19(24)14-23-12-10-16(11-13-23)20(25)22-18-4-2-1-3-5-18/h1-9,16,19,24H,10-14H2,(H,22,25)/t19-/m1/s1. The van der Waals surface area contributed by atoms with Crippen LogP contribution in [0.15, 0.2) is 54.6 Å². The molecule has 3 rings (SSSR count). The van der Waals surface area contributed by atoms with E-state index in [1.807, 2.05) is 30.3 Å². The van der Waals surface area contributed by atoms with Crippen LogP contribution in [0.25, 0.3) is 0 Å². The first-order valence-electron chi connectivity index (χ1n) is 8.63. The van der Waals surface area contributed by atoms with E-state index in [0.29, 0.717) is 12.1 Å². The number of amides is 1. The van der Waals surface area contributed by atoms with Crippen LogP contribution < -0.4 is 5.32 Å². The molecule has 1 saturated heterocycles. The van der Waals surface area contributed by atoms with Gasteiger partial charge in [-0.1, -0.05) is 30.3 Å². The Labute approximate surface area is 147 Å². The first kappa shape index (κ1) is 17.6. The number of hydrogen-bond acceptors (Lipinski definition) is 3. The van der Waals surface area contributed by atoms with Gasteiger partial charge in [0.15, 0.2) is 0 Å². The molecule has 0 spiro atoms. The second kappa shape index (κ2) is 8.23. The number of carbonyl (C=O) groups excluding carboxylic acids is 1. The number of anilines is 1. The van der Waals surface area contributed by atoms with E-state index in [4.69, 9.17) is 0 Å². The van der Waals surface area contributed by atoms with Crippen LogP contribution in [0.5, 0.6) is 0 Å². The summed E-state index contributed by atoms with van der Waals surface area (Å²) >= 11 is 0. The average molecular weight is 342 g/mol. The molecule has 2 N–H and O–H groups in total. The van der Waals surface area contributed by atoms with E-state index in [-0.39, 0.29) is 17.6 Å². The van der Waals surface area contributed by atoms with Crippen LogP contribution in [0.1, 0.15) is 24.5 Å². The van der Waals surface area contributed by atoms with Crippen LogP contribution in [0, 0.1) is 11.7 Å². The summed E-state index contributed by atoms with van der Waals surface area (Å²) in [5, 5.41) is 13.2. The lowest BCUT2D eigenvalue weighted by Gasteiger charge is -2.32. The van der Waals surface area contributed by atoms with Crippen LogP contribution in [-0.2, 0) is 4.79 Å². The van der Waals surface area contributed by atoms with E-state index >= 15 is 0 Å². The second-order valence-electron chi connectivity index (χ2n) is 6.50. The molecule has 5 heteroatoms. The van der Waals surface area contributed by atoms with Gasteiger partial charge in [0.1, 0.15) is 5.82 Å². The highest BCUT2D eigenvalue weighted by Crippen LogP contribution is 2.22. The zero-order chi connectivity index (χ0) is 17.6. The molecule has 0 bridgehead atoms. The Kier molecular flexibility index (Phi) is 5.79. The van der Waals surface area contributed by atoms with Crippen molar-refractivity contribution in [1.82, 2.24) is 4.90 Å². The summed E-state index contributed by atoms with van der Waals surface area (Å²) in [7, 11) is 0. The van der Waals surface area contributed by atoms with Crippen LogP contribution in [0.4, 0.5) is 10.1 Å². The van der Waals surface area contributed by atoms with Crippen molar-refractivity contribution in [3.05, 3.63) is 66.0 Å². The Balaban J connectivity index is 1.46. The summed E-state index contributed by atoms with van der Waals surface area (Å²) in [5.41, 5.74) is 1.53. The molecule has 25 heavy (non-hydrogen) atoms. The number of likely N-dealkylation sites (tertiary alicyclic amines) is 1. The number of nitrogens with zero attached hydrogens (tertiary/aromatic N) is 1. The highest BCUT2D eigenvalue weighted by atomic mass is 19.1. The van der Waals surface area contributed by atoms with Crippen molar-refractivity contribution in [1.29, 1.82) is 0 Å². The summed E-state index contributed by atoms with van der Waals surface area (Å²) in [5.74, 6) is -0.245. The lowest BCUT2D eigenvalue weighted by molar-refractivity contribution is -0.121. The zero-order valence-corrected chi connectivity index (χ0v) is 14.1. The zero-order valence-electron chi connectivity index (χ0n) is 14.1. The van der Waals surface area contributed by atoms with Gasteiger partial charge >= 0.3 is 0 Å². The van der Waals surface area contributed by atoms with Crippen molar-refractivity contribution in [2.75, 3.05) is 25.0 Å². The summed E-state index contributed by atoms with van der Waals surface area (Å²) in [6.45, 7) is 2.04. The molecule has 1 aliphatic heterocycles. The van der Waals surface area contributed by atoms with E-state index in [9.17, 15) is 14.3 Å². The predicted molar refractivity (Wildman–Crippen MR) is 95.6 cm³/mol. The molecule has 1 atom stereocenters. The van der Waals surface area contributed by atoms with Crippen LogP contribution in [0.3, 0.4) is 0 Å². The number of halogens is 1. The maximum atomic E-state index is 13.0. The van der Waals surface area contributed by atoms with Gasteiger partial charge in [-0.2, -0.15) is 0 Å². The Bertz CT molecular complexity index is 683. The minimum atomic E-state index is -0.643. The molecule has 0 radical (unpaired) electrons. The summed E-state index contributed by atoms with van der Waals surface area (Å²) in [4.78, 5) is 14.5. The molecule has 1 heterocycles. The van der Waals surface area contributed by atoms with Gasteiger partial charge in [-0.25, -0.2) is 4.39 Å². The third-order valence-corrected chi connectivity index (χ3v) is 4.69. The lowest BCUT2D eigenvalue weighted by Crippen LogP contribution is -2.40. The number of piperidine rings is 1. The molecule has 0 aliphatic carbocycles. The number of β-amino-alcohol motifs (C(OH)–C–C–N with tert-alkyl or cyclic N) is 1. The van der Waals surface area contributed by atoms with Gasteiger partial charge in [0.2, 0.25) is 5.91 Å². The van der Waals surface area contributed by atoms with Crippen molar-refractivity contribution < 1.29 is 14.3 Å². The Morgan fingerprint density at radius 3 is 2.40 bits per heavy atom. The first-order valence-corrected chi connectivity index (χ1v) is 8.63. The third kappa shape index (κ3) is 4.87. The molecule has 0 aromatic heterocycles. The largest absolute Gasteiger partial charge is 0.387 e. The minimum absolute atomic E-state index is 0.000537. The Morgan fingerprint density at radius 1 is 1.12 bits per heavy atom. The van der Waals surface area contributed by atoms with Gasteiger partial charge in [0.05, 0.1) is 6.10 Å². The van der Waals surface area contributed by atoms with Crippen molar-refractivity contribution in [2.45, 2.75) is 18.9 Å². The van der Waals surface area contributed by atoms with E-state index in [2.05, 4.69) is 10.2 Å². The topological polar surface area (TPSA) is 52.6 Å². The Hall–Kier alpha value is -2.24. The third-order valence-electron chi connectivity index (χ3n) is 4.69. The number of hydrogen-bond donors (Lipinski definition) is 2. The highest BCUT2D eigenvalue weighted by molar-refractivity contribution is 5.92. The molecule has 4 nitrogen and oxygen atoms in total. The van der Waals surface area contributed by atoms with E-state index in [1.165, 1.54) is 12.1 Å². The number of benzene rings is 2. The number of aliphatic hydroxyl groups excluding tert-OH is 1. The van der Waals surface area contributed by atoms with Crippen molar-refractivity contribution in [2.24, 2.45) is 5.92 Å². The monoisotopic (exact) mass is 342 g/mol. The van der Waals surface area contributed by atoms with Gasteiger partial charge in [-0.15, -0.1) is 0 Å². The van der Waals surface area contributed by atoms with E-state index < -0.39 is 6.10 Å². The number of aliphatic hydroxyl groups is 1. The van der Waals surface area contributed by atoms with Gasteiger partial charge < -0.3 is 15.3 Å². The Morgan fingerprint density at radius 2 is 1.76 bits per heavy atom. The van der Waals surface area contributed by atoms with Crippen LogP contribution in [-0.4, -0.2) is 35.5 Å². The summed E-state index contributed by atoms with van der Waals surface area (Å²) in [6.07, 6.45) is 0.902. The van der Waals surface area contributed by atoms with Gasteiger partial charge in [0, 0.05) is 18.2 Å². The predicted octanol–water partition coefficient (Wildman–Crippen LogP) is 3.21. The SMILES string of the molecule is O=C(Nc1ccccc1)C1CCN(C[C@@H](O)c2ccc(F)cc2)CC1. The normalized spacial score (nSPS) is 17.2. The fourth-order valence-corrected chi connectivity index (χ4v) is 3.18. The maximum absolute atomic E-state index is 13.0. The van der Waals surface area contributed by atoms with Gasteiger partial charge in [0.25, 0.3) is 0 Å². The molecular weight excluding hydrogens is 319 g/mol. The molecule has 132 valence electrons. The fourth-order valence-electron chi connectivity index (χ4n) is 3.18. The molecule has 2 aromatic rings. The van der Waals surface area contributed by atoms with E-state index in [1.54, 1.807) is 12.1 Å². The van der Waals surface area contributed by atoms with Crippen LogP contribution >= 0.6 is 0 Å². The maximum Gasteiger partial charge on any atom is 0.227 e. The number of carbonyl (C=O) groups is 1. The van der Waals surface area contributed by atoms with Crippen molar-refractivity contribution in [3.8, 4) is 0 Å². The molecule has 1 aliphatic rings. The molecular formula is C20H23FN2O2. The smallest absolute Gasteiger partial charge is 0.227 e. The molecule has 0 saturated carbocycles. The number of nitrogens with one attached hydrogen (secondary N) is 1. The lowest BCUT2D eigenvalue weighted by atomic mass is 9.95. The number of rotatable bonds is 5. The fraction of sp³-hybridized carbons (Fsp3) is 0.350. The quantitative estimate of drug-likeness (QED) is 0.877. The van der Waals surface area contributed by atoms with Crippen molar-refractivity contribution >= 4 is 11.6 Å². The molecule has 0 unspecified atom stereocenters. The van der Waals surface area contributed by atoms with Crippen LogP contribution in [0.2, 0.25) is 0 Å². The van der Waals surface area contributed by atoms with Gasteiger partial charge in [-0.05, 0) is 55.8 Å². The first-order chi connectivity index (χ1) is 12.1. The number of para-hydroxylation sites is 1. The highest BCUT2D eigenvalue weighted by Gasteiger charge is 2.26. The minimum Gasteiger partial charge on any atom is -0.387 e. The summed E-state index contributed by atoms with van der Waals surface area (Å²) in [6, 6.07) is 15.4. The van der Waals surface area contributed by atoms with E-state index in [0.717, 1.165) is 31.6 Å².